The number of benzene rings is 1. The van der Waals surface area contributed by atoms with E-state index in [0.717, 1.165) is 43.8 Å². The molecule has 1 saturated carbocycles. The number of nitrogens with one attached hydrogen (secondary N) is 1. The molecule has 0 atom stereocenters. The smallest absolute Gasteiger partial charge is 0.358 e. The predicted octanol–water partition coefficient (Wildman–Crippen LogP) is 3.34. The third-order valence-electron chi connectivity index (χ3n) is 5.00. The summed E-state index contributed by atoms with van der Waals surface area (Å²) >= 11 is 6.12. The Bertz CT molecular complexity index is 657. The molecule has 2 aliphatic rings. The molecule has 1 heterocycles. The number of carboxylic acids is 1. The fourth-order valence-corrected chi connectivity index (χ4v) is 3.76. The van der Waals surface area contributed by atoms with E-state index in [1.807, 2.05) is 17.6 Å². The number of halogens is 1. The van der Waals surface area contributed by atoms with Gasteiger partial charge < -0.3 is 25.9 Å². The first-order chi connectivity index (χ1) is 13.5. The zero-order valence-corrected chi connectivity index (χ0v) is 17.0. The Kier molecular flexibility index (Phi) is 9.23. The first-order valence-electron chi connectivity index (χ1n) is 9.88. The van der Waals surface area contributed by atoms with E-state index >= 15 is 0 Å². The molecule has 3 rings (SSSR count). The van der Waals surface area contributed by atoms with Crippen molar-refractivity contribution in [3.05, 3.63) is 40.9 Å². The van der Waals surface area contributed by atoms with Crippen molar-refractivity contribution in [1.29, 1.82) is 0 Å². The molecule has 7 nitrogen and oxygen atoms in total. The summed E-state index contributed by atoms with van der Waals surface area (Å²) in [5.41, 5.74) is 8.42. The van der Waals surface area contributed by atoms with Crippen molar-refractivity contribution in [2.45, 2.75) is 57.5 Å². The maximum atomic E-state index is 10.7. The average molecular weight is 411 g/mol. The summed E-state index contributed by atoms with van der Waals surface area (Å²) in [4.78, 5) is 13.0. The maximum Gasteiger partial charge on any atom is 0.358 e. The average Bonchev–Trinajstić information content (AvgIpc) is 2.70. The third kappa shape index (κ3) is 6.80. The lowest BCUT2D eigenvalue weighted by Gasteiger charge is -2.29. The van der Waals surface area contributed by atoms with Gasteiger partial charge in [-0.15, -0.1) is 0 Å². The number of carbonyl (C=O) groups is 1. The summed E-state index contributed by atoms with van der Waals surface area (Å²) in [6, 6.07) is 8.10. The van der Waals surface area contributed by atoms with Crippen LogP contribution in [0.3, 0.4) is 0 Å². The Balaban J connectivity index is 0.000000202. The van der Waals surface area contributed by atoms with Crippen LogP contribution in [0.1, 0.15) is 51.4 Å². The number of ether oxygens (including phenoxy) is 1. The summed E-state index contributed by atoms with van der Waals surface area (Å²) in [6.45, 7) is 2.31. The Morgan fingerprint density at radius 2 is 1.71 bits per heavy atom. The van der Waals surface area contributed by atoms with E-state index in [-0.39, 0.29) is 17.7 Å². The van der Waals surface area contributed by atoms with Gasteiger partial charge in [0.2, 0.25) is 5.88 Å². The molecule has 0 amide bonds. The minimum atomic E-state index is -1.22. The summed E-state index contributed by atoms with van der Waals surface area (Å²) in [5, 5.41) is 9.59. The molecule has 0 bridgehead atoms. The second-order valence-electron chi connectivity index (χ2n) is 7.07. The van der Waals surface area contributed by atoms with Crippen molar-refractivity contribution in [2.75, 3.05) is 18.0 Å². The van der Waals surface area contributed by atoms with E-state index in [1.165, 1.54) is 31.4 Å². The first-order valence-corrected chi connectivity index (χ1v) is 10.3. The van der Waals surface area contributed by atoms with Crippen LogP contribution in [0.15, 0.2) is 35.8 Å². The van der Waals surface area contributed by atoms with Gasteiger partial charge in [-0.1, -0.05) is 30.2 Å². The lowest BCUT2D eigenvalue weighted by molar-refractivity contribution is -0.133. The zero-order chi connectivity index (χ0) is 20.4. The van der Waals surface area contributed by atoms with Crippen molar-refractivity contribution in [1.82, 2.24) is 5.43 Å². The standard InChI is InChI=1S/C11H14ClN.C9H17N3O3/c12-10-6-2-3-7-11(10)13-8-4-1-5-9-13;10-8(7(12-11)9(13)14)15-6-4-2-1-3-5-6/h2-3,6-7H,1,4-5,8-9H2;6,12H,1-5,10-11H2,(H,13,14)/b;8-7+. The maximum absolute atomic E-state index is 10.7. The molecule has 0 radical (unpaired) electrons. The van der Waals surface area contributed by atoms with Crippen LogP contribution in [-0.4, -0.2) is 30.3 Å². The van der Waals surface area contributed by atoms with Gasteiger partial charge in [-0.3, -0.25) is 5.84 Å². The number of aliphatic carboxylic acids is 1. The lowest BCUT2D eigenvalue weighted by atomic mass is 9.98. The molecule has 156 valence electrons. The molecule has 6 N–H and O–H groups in total. The molecule has 28 heavy (non-hydrogen) atoms. The topological polar surface area (TPSA) is 114 Å². The lowest BCUT2D eigenvalue weighted by Crippen LogP contribution is -2.32. The van der Waals surface area contributed by atoms with Crippen LogP contribution in [0.4, 0.5) is 5.69 Å². The number of piperidine rings is 1. The molecule has 1 aromatic carbocycles. The number of nitrogens with two attached hydrogens (primary N) is 2. The molecule has 2 fully saturated rings. The molecule has 1 aliphatic heterocycles. The van der Waals surface area contributed by atoms with Crippen molar-refractivity contribution in [2.24, 2.45) is 11.6 Å². The van der Waals surface area contributed by atoms with Gasteiger partial charge in [0.15, 0.2) is 5.70 Å². The van der Waals surface area contributed by atoms with Gasteiger partial charge in [-0.2, -0.15) is 0 Å². The number of carboxylic acid groups (broad SMARTS) is 1. The highest BCUT2D eigenvalue weighted by molar-refractivity contribution is 6.33. The molecule has 8 heteroatoms. The predicted molar refractivity (Wildman–Crippen MR) is 112 cm³/mol. The molecular weight excluding hydrogens is 380 g/mol. The number of hydrogen-bond donors (Lipinski definition) is 4. The van der Waals surface area contributed by atoms with E-state index in [4.69, 9.17) is 33.0 Å². The normalized spacial score (nSPS) is 18.4. The summed E-state index contributed by atoms with van der Waals surface area (Å²) in [6.07, 6.45) is 9.19. The third-order valence-corrected chi connectivity index (χ3v) is 5.32. The summed E-state index contributed by atoms with van der Waals surface area (Å²) in [5.74, 6) is 3.67. The molecule has 0 aromatic heterocycles. The first kappa shape index (κ1) is 22.2. The Morgan fingerprint density at radius 3 is 2.29 bits per heavy atom. The highest BCUT2D eigenvalue weighted by Gasteiger charge is 2.19. The van der Waals surface area contributed by atoms with Gasteiger partial charge in [0.05, 0.1) is 10.7 Å². The Morgan fingerprint density at radius 1 is 1.11 bits per heavy atom. The molecule has 1 aliphatic carbocycles. The van der Waals surface area contributed by atoms with Gasteiger partial charge >= 0.3 is 5.97 Å². The number of rotatable bonds is 5. The Labute approximate surface area is 171 Å². The number of para-hydroxylation sites is 1. The van der Waals surface area contributed by atoms with Crippen LogP contribution in [0, 0.1) is 0 Å². The second kappa shape index (κ2) is 11.7. The Hall–Kier alpha value is -2.12. The molecular formula is C20H31ClN4O3. The monoisotopic (exact) mass is 410 g/mol. The fraction of sp³-hybridized carbons (Fsp3) is 0.550. The largest absolute Gasteiger partial charge is 0.476 e. The van der Waals surface area contributed by atoms with Gasteiger partial charge in [-0.05, 0) is 57.1 Å². The van der Waals surface area contributed by atoms with Gasteiger partial charge in [0.25, 0.3) is 0 Å². The van der Waals surface area contributed by atoms with Gasteiger partial charge in [0, 0.05) is 13.1 Å². The van der Waals surface area contributed by atoms with Crippen molar-refractivity contribution < 1.29 is 14.6 Å². The SMILES string of the molecule is Clc1ccccc1N1CCCCC1.NN/C(C(=O)O)=C(\N)OC1CCCCC1. The number of hydrazine groups is 1. The van der Waals surface area contributed by atoms with E-state index in [1.54, 1.807) is 0 Å². The minimum absolute atomic E-state index is 0.0152. The zero-order valence-electron chi connectivity index (χ0n) is 16.2. The molecule has 0 unspecified atom stereocenters. The van der Waals surface area contributed by atoms with Crippen LogP contribution in [0.5, 0.6) is 0 Å². The number of nitrogens with zero attached hydrogens (tertiary/aromatic N) is 1. The van der Waals surface area contributed by atoms with Crippen molar-refractivity contribution in [3.8, 4) is 0 Å². The summed E-state index contributed by atoms with van der Waals surface area (Å²) in [7, 11) is 0. The number of hydrogen-bond acceptors (Lipinski definition) is 6. The molecule has 0 spiro atoms. The van der Waals surface area contributed by atoms with E-state index < -0.39 is 5.97 Å². The van der Waals surface area contributed by atoms with Crippen LogP contribution in [0.25, 0.3) is 0 Å². The van der Waals surface area contributed by atoms with Crippen molar-refractivity contribution >= 4 is 23.3 Å². The number of anilines is 1. The van der Waals surface area contributed by atoms with E-state index in [0.29, 0.717) is 0 Å². The van der Waals surface area contributed by atoms with Gasteiger partial charge in [-0.25, -0.2) is 4.79 Å². The highest BCUT2D eigenvalue weighted by Crippen LogP contribution is 2.27. The fourth-order valence-electron chi connectivity index (χ4n) is 3.50. The minimum Gasteiger partial charge on any atom is -0.476 e. The molecule has 1 aromatic rings. The summed E-state index contributed by atoms with van der Waals surface area (Å²) < 4.78 is 5.34. The van der Waals surface area contributed by atoms with Crippen LogP contribution < -0.4 is 21.9 Å². The van der Waals surface area contributed by atoms with Crippen LogP contribution in [-0.2, 0) is 9.53 Å². The van der Waals surface area contributed by atoms with E-state index in [2.05, 4.69) is 17.0 Å². The highest BCUT2D eigenvalue weighted by atomic mass is 35.5. The quantitative estimate of drug-likeness (QED) is 0.255. The molecule has 1 saturated heterocycles. The van der Waals surface area contributed by atoms with Crippen molar-refractivity contribution in [3.63, 3.8) is 0 Å². The van der Waals surface area contributed by atoms with Crippen LogP contribution in [0.2, 0.25) is 5.02 Å². The second-order valence-corrected chi connectivity index (χ2v) is 7.47. The van der Waals surface area contributed by atoms with Crippen LogP contribution >= 0.6 is 11.6 Å². The van der Waals surface area contributed by atoms with E-state index in [9.17, 15) is 4.79 Å². The van der Waals surface area contributed by atoms with Gasteiger partial charge in [0.1, 0.15) is 6.10 Å².